The number of rotatable bonds is 6. The van der Waals surface area contributed by atoms with Gasteiger partial charge in [-0.3, -0.25) is 10.1 Å². The zero-order valence-electron chi connectivity index (χ0n) is 22.7. The summed E-state index contributed by atoms with van der Waals surface area (Å²) in [6.07, 6.45) is -2.79. The van der Waals surface area contributed by atoms with Crippen LogP contribution in [-0.4, -0.2) is 84.2 Å². The number of halogens is 3. The minimum atomic E-state index is -4.85. The Labute approximate surface area is 239 Å². The van der Waals surface area contributed by atoms with Crippen LogP contribution in [0.4, 0.5) is 23.7 Å². The number of pyridine rings is 1. The predicted octanol–water partition coefficient (Wildman–Crippen LogP) is 3.55. The SMILES string of the molecule is COC(=O)Nc1ccc(S(=O)(=O)N2CCC(c3ccn4nc(C(F)(F)F)c(C(=O)N5CCC(CO)C5)c4c3)CC2)cc1. The molecule has 0 spiro atoms. The topological polar surface area (TPSA) is 134 Å². The van der Waals surface area contributed by atoms with E-state index in [0.717, 1.165) is 4.52 Å². The number of ether oxygens (including phenoxy) is 1. The van der Waals surface area contributed by atoms with Crippen molar-refractivity contribution in [3.8, 4) is 0 Å². The van der Waals surface area contributed by atoms with Gasteiger partial charge in [0.15, 0.2) is 5.69 Å². The number of carbonyl (C=O) groups is 2. The van der Waals surface area contributed by atoms with Crippen LogP contribution >= 0.6 is 0 Å². The first kappa shape index (κ1) is 29.8. The largest absolute Gasteiger partial charge is 0.453 e. The third-order valence-electron chi connectivity index (χ3n) is 7.82. The van der Waals surface area contributed by atoms with E-state index in [2.05, 4.69) is 15.2 Å². The number of nitrogens with one attached hydrogen (secondary N) is 1. The van der Waals surface area contributed by atoms with Crippen LogP contribution in [0.3, 0.4) is 0 Å². The second-order valence-corrected chi connectivity index (χ2v) is 12.4. The number of benzene rings is 1. The van der Waals surface area contributed by atoms with Gasteiger partial charge in [-0.15, -0.1) is 0 Å². The van der Waals surface area contributed by atoms with E-state index in [0.29, 0.717) is 30.5 Å². The molecule has 2 amide bonds. The molecule has 15 heteroatoms. The van der Waals surface area contributed by atoms with Crippen LogP contribution in [0, 0.1) is 5.92 Å². The van der Waals surface area contributed by atoms with Gasteiger partial charge in [-0.2, -0.15) is 22.6 Å². The van der Waals surface area contributed by atoms with E-state index in [-0.39, 0.29) is 55.0 Å². The van der Waals surface area contributed by atoms with Crippen LogP contribution in [0.15, 0.2) is 47.5 Å². The van der Waals surface area contributed by atoms with Gasteiger partial charge in [-0.05, 0) is 67.1 Å². The smallest absolute Gasteiger partial charge is 0.436 e. The number of methoxy groups -OCH3 is 1. The number of piperidine rings is 1. The van der Waals surface area contributed by atoms with Crippen molar-refractivity contribution in [1.82, 2.24) is 18.8 Å². The first-order valence-corrected chi connectivity index (χ1v) is 14.8. The number of amides is 2. The molecule has 0 aliphatic carbocycles. The van der Waals surface area contributed by atoms with Crippen molar-refractivity contribution in [2.45, 2.75) is 36.3 Å². The van der Waals surface area contributed by atoms with Crippen molar-refractivity contribution in [1.29, 1.82) is 0 Å². The Balaban J connectivity index is 1.35. The van der Waals surface area contributed by atoms with Crippen molar-refractivity contribution in [3.63, 3.8) is 0 Å². The maximum Gasteiger partial charge on any atom is 0.436 e. The minimum absolute atomic E-state index is 0.0352. The van der Waals surface area contributed by atoms with Crippen molar-refractivity contribution in [3.05, 3.63) is 59.4 Å². The number of alkyl halides is 3. The number of aromatic nitrogens is 2. The second-order valence-electron chi connectivity index (χ2n) is 10.4. The van der Waals surface area contributed by atoms with Gasteiger partial charge < -0.3 is 14.7 Å². The number of hydrogen-bond donors (Lipinski definition) is 2. The zero-order valence-corrected chi connectivity index (χ0v) is 23.5. The van der Waals surface area contributed by atoms with E-state index in [1.54, 1.807) is 6.07 Å². The lowest BCUT2D eigenvalue weighted by Gasteiger charge is -2.31. The average molecular weight is 610 g/mol. The highest BCUT2D eigenvalue weighted by Crippen LogP contribution is 2.37. The molecule has 2 aliphatic heterocycles. The first-order chi connectivity index (χ1) is 19.9. The quantitative estimate of drug-likeness (QED) is 0.437. The highest BCUT2D eigenvalue weighted by molar-refractivity contribution is 7.89. The lowest BCUT2D eigenvalue weighted by Crippen LogP contribution is -2.37. The van der Waals surface area contributed by atoms with Gasteiger partial charge in [0.05, 0.1) is 23.1 Å². The van der Waals surface area contributed by atoms with Crippen LogP contribution < -0.4 is 5.32 Å². The van der Waals surface area contributed by atoms with E-state index in [9.17, 15) is 36.3 Å². The fourth-order valence-electron chi connectivity index (χ4n) is 5.51. The molecule has 2 N–H and O–H groups in total. The molecule has 0 bridgehead atoms. The molecule has 1 unspecified atom stereocenters. The summed E-state index contributed by atoms with van der Waals surface area (Å²) >= 11 is 0. The summed E-state index contributed by atoms with van der Waals surface area (Å²) in [5.41, 5.74) is -0.679. The molecular formula is C27H30F3N5O6S. The van der Waals surface area contributed by atoms with Gasteiger partial charge in [0, 0.05) is 50.6 Å². The number of nitrogens with zero attached hydrogens (tertiary/aromatic N) is 4. The van der Waals surface area contributed by atoms with E-state index in [4.69, 9.17) is 0 Å². The number of hydrogen-bond acceptors (Lipinski definition) is 7. The lowest BCUT2D eigenvalue weighted by molar-refractivity contribution is -0.141. The highest BCUT2D eigenvalue weighted by Gasteiger charge is 2.42. The van der Waals surface area contributed by atoms with Crippen molar-refractivity contribution in [2.24, 2.45) is 5.92 Å². The third kappa shape index (κ3) is 5.80. The molecule has 226 valence electrons. The summed E-state index contributed by atoms with van der Waals surface area (Å²) in [5, 5.41) is 15.6. The van der Waals surface area contributed by atoms with Gasteiger partial charge in [-0.1, -0.05) is 0 Å². The van der Waals surface area contributed by atoms with E-state index in [1.807, 2.05) is 0 Å². The average Bonchev–Trinajstić information content (AvgIpc) is 3.62. The Morgan fingerprint density at radius 3 is 2.38 bits per heavy atom. The molecule has 3 aromatic rings. The standard InChI is InChI=1S/C27H30F3N5O6S/c1-41-26(38)31-20-2-4-21(5-3-20)42(39,40)34-11-7-18(8-12-34)19-9-13-35-22(14-19)23(24(32-35)27(28,29)30)25(37)33-10-6-17(15-33)16-36/h2-5,9,13-14,17-18,36H,6-8,10-12,15-16H2,1H3,(H,31,38). The van der Waals surface area contributed by atoms with E-state index >= 15 is 0 Å². The maximum atomic E-state index is 13.9. The Morgan fingerprint density at radius 2 is 1.79 bits per heavy atom. The highest BCUT2D eigenvalue weighted by atomic mass is 32.2. The van der Waals surface area contributed by atoms with Crippen LogP contribution in [0.5, 0.6) is 0 Å². The lowest BCUT2D eigenvalue weighted by atomic mass is 9.90. The van der Waals surface area contributed by atoms with E-state index < -0.39 is 39.5 Å². The number of carbonyl (C=O) groups excluding carboxylic acids is 2. The van der Waals surface area contributed by atoms with Crippen molar-refractivity contribution < 1.29 is 41.0 Å². The summed E-state index contributed by atoms with van der Waals surface area (Å²) in [6.45, 7) is 0.642. The number of aliphatic hydroxyl groups excluding tert-OH is 1. The van der Waals surface area contributed by atoms with Crippen LogP contribution in [0.25, 0.3) is 5.52 Å². The van der Waals surface area contributed by atoms with Gasteiger partial charge in [-0.25, -0.2) is 17.7 Å². The Kier molecular flexibility index (Phi) is 8.18. The molecule has 4 heterocycles. The number of sulfonamides is 1. The van der Waals surface area contributed by atoms with Crippen molar-refractivity contribution in [2.75, 3.05) is 45.2 Å². The third-order valence-corrected chi connectivity index (χ3v) is 9.73. The Hall–Kier alpha value is -3.69. The van der Waals surface area contributed by atoms with E-state index in [1.165, 1.54) is 52.8 Å². The molecule has 0 radical (unpaired) electrons. The normalized spacial score (nSPS) is 18.9. The molecule has 1 aromatic carbocycles. The summed E-state index contributed by atoms with van der Waals surface area (Å²) in [7, 11) is -2.60. The zero-order chi connectivity index (χ0) is 30.2. The Morgan fingerprint density at radius 1 is 1.10 bits per heavy atom. The van der Waals surface area contributed by atoms with Gasteiger partial charge >= 0.3 is 12.3 Å². The molecule has 2 aliphatic rings. The number of likely N-dealkylation sites (tertiary alicyclic amines) is 1. The molecule has 42 heavy (non-hydrogen) atoms. The molecule has 2 fully saturated rings. The summed E-state index contributed by atoms with van der Waals surface area (Å²) in [6, 6.07) is 8.88. The van der Waals surface area contributed by atoms with Crippen LogP contribution in [0.1, 0.15) is 46.8 Å². The van der Waals surface area contributed by atoms with Gasteiger partial charge in [0.1, 0.15) is 0 Å². The molecule has 2 saturated heterocycles. The molecular weight excluding hydrogens is 579 g/mol. The number of fused-ring (bicyclic) bond motifs is 1. The predicted molar refractivity (Wildman–Crippen MR) is 144 cm³/mol. The molecule has 5 rings (SSSR count). The molecule has 11 nitrogen and oxygen atoms in total. The second kappa shape index (κ2) is 11.5. The molecule has 1 atom stereocenters. The fourth-order valence-corrected chi connectivity index (χ4v) is 6.98. The summed E-state index contributed by atoms with van der Waals surface area (Å²) in [4.78, 5) is 26.1. The fraction of sp³-hybridized carbons (Fsp3) is 0.444. The van der Waals surface area contributed by atoms with Gasteiger partial charge in [0.25, 0.3) is 5.91 Å². The van der Waals surface area contributed by atoms with Crippen molar-refractivity contribution >= 4 is 33.2 Å². The number of anilines is 1. The number of aliphatic hydroxyl groups is 1. The summed E-state index contributed by atoms with van der Waals surface area (Å²) < 4.78 is 75.2. The molecule has 2 aromatic heterocycles. The Bertz CT molecular complexity index is 1580. The van der Waals surface area contributed by atoms with Crippen LogP contribution in [0.2, 0.25) is 0 Å². The minimum Gasteiger partial charge on any atom is -0.453 e. The van der Waals surface area contributed by atoms with Crippen LogP contribution in [-0.2, 0) is 20.9 Å². The maximum absolute atomic E-state index is 13.9. The summed E-state index contributed by atoms with van der Waals surface area (Å²) in [5.74, 6) is -1.11. The molecule has 0 saturated carbocycles. The monoisotopic (exact) mass is 609 g/mol. The van der Waals surface area contributed by atoms with Gasteiger partial charge in [0.2, 0.25) is 10.0 Å². The first-order valence-electron chi connectivity index (χ1n) is 13.4.